The molecule has 3 N–H and O–H groups in total. The first-order valence-corrected chi connectivity index (χ1v) is 8.88. The number of carbonyl (C=O) groups is 1. The minimum atomic E-state index is -3.95. The van der Waals surface area contributed by atoms with Gasteiger partial charge in [-0.05, 0) is 40.4 Å². The maximum Gasteiger partial charge on any atom is 0.253 e. The predicted molar refractivity (Wildman–Crippen MR) is 86.9 cm³/mol. The molecule has 0 radical (unpaired) electrons. The Morgan fingerprint density at radius 3 is 2.33 bits per heavy atom. The van der Waals surface area contributed by atoms with Gasteiger partial charge in [-0.1, -0.05) is 32.4 Å². The first-order valence-electron chi connectivity index (χ1n) is 6.16. The number of sulfonamides is 1. The number of primary sulfonamides is 1. The van der Waals surface area contributed by atoms with Crippen LogP contribution in [-0.4, -0.2) is 20.4 Å². The fourth-order valence-corrected chi connectivity index (χ4v) is 3.43. The van der Waals surface area contributed by atoms with Crippen LogP contribution in [0.4, 0.5) is 0 Å². The molecule has 0 spiro atoms. The summed E-state index contributed by atoms with van der Waals surface area (Å²) in [5, 5.41) is 8.06. The summed E-state index contributed by atoms with van der Waals surface area (Å²) < 4.78 is 23.2. The molecule has 1 amide bonds. The molecular weight excluding hydrogens is 380 g/mol. The molecule has 1 rings (SSSR count). The van der Waals surface area contributed by atoms with E-state index in [1.54, 1.807) is 0 Å². The van der Waals surface area contributed by atoms with E-state index >= 15 is 0 Å². The van der Waals surface area contributed by atoms with Crippen LogP contribution in [0.25, 0.3) is 0 Å². The number of carbonyl (C=O) groups excluding carboxylic acids is 1. The second-order valence-electron chi connectivity index (χ2n) is 5.87. The number of nitrogens with one attached hydrogen (secondary N) is 1. The highest BCUT2D eigenvalue weighted by Gasteiger charge is 2.25. The van der Waals surface area contributed by atoms with E-state index in [0.29, 0.717) is 0 Å². The summed E-state index contributed by atoms with van der Waals surface area (Å²) in [5.74, 6) is -0.445. The van der Waals surface area contributed by atoms with E-state index in [9.17, 15) is 13.2 Å². The number of halogens is 2. The van der Waals surface area contributed by atoms with Crippen LogP contribution in [0.1, 0.15) is 38.1 Å². The van der Waals surface area contributed by atoms with Crippen molar-refractivity contribution in [3.05, 3.63) is 27.2 Å². The molecule has 0 saturated heterocycles. The molecule has 1 unspecified atom stereocenters. The minimum Gasteiger partial charge on any atom is -0.349 e. The second kappa shape index (κ2) is 6.24. The molecular formula is C13H18BrClN2O3S. The fraction of sp³-hybridized carbons (Fsp3) is 0.462. The van der Waals surface area contributed by atoms with Gasteiger partial charge in [-0.15, -0.1) is 0 Å². The Balaban J connectivity index is 3.23. The molecule has 0 aliphatic carbocycles. The van der Waals surface area contributed by atoms with Crippen molar-refractivity contribution in [3.8, 4) is 0 Å². The zero-order valence-electron chi connectivity index (χ0n) is 12.2. The Bertz CT molecular complexity index is 669. The average molecular weight is 398 g/mol. The van der Waals surface area contributed by atoms with Gasteiger partial charge in [-0.25, -0.2) is 13.6 Å². The van der Waals surface area contributed by atoms with Crippen LogP contribution in [-0.2, 0) is 10.0 Å². The first kappa shape index (κ1) is 18.4. The highest BCUT2D eigenvalue weighted by molar-refractivity contribution is 9.10. The third-order valence-corrected chi connectivity index (χ3v) is 5.40. The van der Waals surface area contributed by atoms with Gasteiger partial charge in [-0.3, -0.25) is 4.79 Å². The molecule has 0 heterocycles. The predicted octanol–water partition coefficient (Wildman–Crippen LogP) is 2.91. The van der Waals surface area contributed by atoms with Crippen molar-refractivity contribution in [1.29, 1.82) is 0 Å². The van der Waals surface area contributed by atoms with Crippen molar-refractivity contribution in [2.45, 2.75) is 38.6 Å². The van der Waals surface area contributed by atoms with Gasteiger partial charge in [0.15, 0.2) is 0 Å². The van der Waals surface area contributed by atoms with E-state index in [4.69, 9.17) is 16.7 Å². The monoisotopic (exact) mass is 396 g/mol. The number of amides is 1. The molecule has 0 fully saturated rings. The molecule has 5 nitrogen and oxygen atoms in total. The lowest BCUT2D eigenvalue weighted by Crippen LogP contribution is -2.41. The lowest BCUT2D eigenvalue weighted by molar-refractivity contribution is 0.0910. The number of rotatable bonds is 3. The van der Waals surface area contributed by atoms with E-state index in [2.05, 4.69) is 21.2 Å². The van der Waals surface area contributed by atoms with E-state index < -0.39 is 15.9 Å². The molecule has 118 valence electrons. The molecule has 21 heavy (non-hydrogen) atoms. The number of nitrogens with two attached hydrogens (primary N) is 1. The SMILES string of the molecule is CC(NC(=O)c1cc(S(N)(=O)=O)c(Br)cc1Cl)C(C)(C)C. The minimum absolute atomic E-state index is 0.0694. The van der Waals surface area contributed by atoms with Gasteiger partial charge in [0, 0.05) is 10.5 Å². The molecule has 0 aromatic heterocycles. The fourth-order valence-electron chi connectivity index (χ4n) is 1.41. The molecule has 1 aromatic rings. The molecule has 8 heteroatoms. The van der Waals surface area contributed by atoms with Crippen LogP contribution in [0.2, 0.25) is 5.02 Å². The van der Waals surface area contributed by atoms with Crippen molar-refractivity contribution < 1.29 is 13.2 Å². The number of hydrogen-bond donors (Lipinski definition) is 2. The number of hydrogen-bond acceptors (Lipinski definition) is 3. The van der Waals surface area contributed by atoms with Crippen LogP contribution in [0, 0.1) is 5.41 Å². The van der Waals surface area contributed by atoms with E-state index in [1.807, 2.05) is 27.7 Å². The highest BCUT2D eigenvalue weighted by atomic mass is 79.9. The highest BCUT2D eigenvalue weighted by Crippen LogP contribution is 2.29. The molecule has 0 aliphatic heterocycles. The van der Waals surface area contributed by atoms with Gasteiger partial charge < -0.3 is 5.32 Å². The van der Waals surface area contributed by atoms with Gasteiger partial charge in [0.2, 0.25) is 10.0 Å². The van der Waals surface area contributed by atoms with Crippen LogP contribution in [0.3, 0.4) is 0 Å². The van der Waals surface area contributed by atoms with Gasteiger partial charge >= 0.3 is 0 Å². The Labute approximate surface area is 138 Å². The van der Waals surface area contributed by atoms with Crippen LogP contribution in [0.5, 0.6) is 0 Å². The summed E-state index contributed by atoms with van der Waals surface area (Å²) in [7, 11) is -3.95. The van der Waals surface area contributed by atoms with Crippen LogP contribution in [0.15, 0.2) is 21.5 Å². The third-order valence-electron chi connectivity index (χ3n) is 3.22. The summed E-state index contributed by atoms with van der Waals surface area (Å²) in [6, 6.07) is 2.40. The summed E-state index contributed by atoms with van der Waals surface area (Å²) in [5.41, 5.74) is -0.0692. The summed E-state index contributed by atoms with van der Waals surface area (Å²) >= 11 is 9.09. The third kappa shape index (κ3) is 4.67. The molecule has 1 aromatic carbocycles. The van der Waals surface area contributed by atoms with Gasteiger partial charge in [0.25, 0.3) is 5.91 Å². The van der Waals surface area contributed by atoms with Crippen molar-refractivity contribution in [3.63, 3.8) is 0 Å². The zero-order chi connectivity index (χ0) is 16.6. The second-order valence-corrected chi connectivity index (χ2v) is 8.66. The van der Waals surface area contributed by atoms with Crippen LogP contribution < -0.4 is 10.5 Å². The molecule has 0 saturated carbocycles. The normalized spacial score (nSPS) is 13.9. The lowest BCUT2D eigenvalue weighted by Gasteiger charge is -2.28. The standard InChI is InChI=1S/C13H18BrClN2O3S/c1-7(13(2,3)4)17-12(18)8-5-11(21(16,19)20)9(14)6-10(8)15/h5-7H,1-4H3,(H,17,18)(H2,16,19,20). The molecule has 0 aliphatic rings. The van der Waals surface area contributed by atoms with Crippen molar-refractivity contribution in [1.82, 2.24) is 5.32 Å². The maximum absolute atomic E-state index is 12.3. The number of benzene rings is 1. The smallest absolute Gasteiger partial charge is 0.253 e. The quantitative estimate of drug-likeness (QED) is 0.821. The Morgan fingerprint density at radius 1 is 1.38 bits per heavy atom. The Hall–Kier alpha value is -0.630. The van der Waals surface area contributed by atoms with E-state index in [1.165, 1.54) is 12.1 Å². The van der Waals surface area contributed by atoms with Gasteiger partial charge in [0.1, 0.15) is 0 Å². The van der Waals surface area contributed by atoms with Crippen molar-refractivity contribution >= 4 is 43.5 Å². The topological polar surface area (TPSA) is 89.3 Å². The van der Waals surface area contributed by atoms with Crippen LogP contribution >= 0.6 is 27.5 Å². The van der Waals surface area contributed by atoms with Gasteiger partial charge in [0.05, 0.1) is 15.5 Å². The summed E-state index contributed by atoms with van der Waals surface area (Å²) in [6.07, 6.45) is 0. The van der Waals surface area contributed by atoms with Gasteiger partial charge in [-0.2, -0.15) is 0 Å². The Kier molecular flexibility index (Phi) is 5.47. The van der Waals surface area contributed by atoms with E-state index in [-0.39, 0.29) is 31.4 Å². The molecule has 1 atom stereocenters. The maximum atomic E-state index is 12.3. The van der Waals surface area contributed by atoms with E-state index in [0.717, 1.165) is 0 Å². The first-order chi connectivity index (χ1) is 9.34. The largest absolute Gasteiger partial charge is 0.349 e. The molecule has 0 bridgehead atoms. The summed E-state index contributed by atoms with van der Waals surface area (Å²) in [4.78, 5) is 12.1. The summed E-state index contributed by atoms with van der Waals surface area (Å²) in [6.45, 7) is 7.82. The van der Waals surface area contributed by atoms with Crippen molar-refractivity contribution in [2.75, 3.05) is 0 Å². The van der Waals surface area contributed by atoms with Crippen molar-refractivity contribution in [2.24, 2.45) is 10.6 Å². The zero-order valence-corrected chi connectivity index (χ0v) is 15.4. The lowest BCUT2D eigenvalue weighted by atomic mass is 9.88. The average Bonchev–Trinajstić information content (AvgIpc) is 2.25. The Morgan fingerprint density at radius 2 is 1.90 bits per heavy atom.